The normalized spacial score (nSPS) is 13.9. The van der Waals surface area contributed by atoms with Crippen LogP contribution < -0.4 is 15.5 Å². The van der Waals surface area contributed by atoms with E-state index in [9.17, 15) is 9.59 Å². The van der Waals surface area contributed by atoms with Crippen molar-refractivity contribution in [3.05, 3.63) is 69.0 Å². The van der Waals surface area contributed by atoms with E-state index in [-0.39, 0.29) is 17.9 Å². The Balaban J connectivity index is 1.57. The number of methoxy groups -OCH3 is 1. The van der Waals surface area contributed by atoms with Crippen LogP contribution in [0.15, 0.2) is 41.2 Å². The minimum atomic E-state index is -0.0718. The van der Waals surface area contributed by atoms with Gasteiger partial charge in [-0.2, -0.15) is 0 Å². The molecule has 0 saturated carbocycles. The number of nitrogens with zero attached hydrogens (tertiary/aromatic N) is 1. The third kappa shape index (κ3) is 3.76. The van der Waals surface area contributed by atoms with E-state index < -0.39 is 0 Å². The van der Waals surface area contributed by atoms with Crippen molar-refractivity contribution in [1.29, 1.82) is 0 Å². The molecule has 0 aliphatic carbocycles. The average molecular weight is 391 g/mol. The molecule has 0 unspecified atom stereocenters. The first-order valence-electron chi connectivity index (χ1n) is 9.76. The van der Waals surface area contributed by atoms with Gasteiger partial charge in [0.1, 0.15) is 5.75 Å². The third-order valence-corrected chi connectivity index (χ3v) is 5.55. The first-order valence-corrected chi connectivity index (χ1v) is 9.76. The van der Waals surface area contributed by atoms with Gasteiger partial charge in [0.25, 0.3) is 0 Å². The highest BCUT2D eigenvalue weighted by atomic mass is 16.5. The number of hydrogen-bond donors (Lipinski definition) is 2. The average Bonchev–Trinajstić information content (AvgIpc) is 2.71. The van der Waals surface area contributed by atoms with E-state index in [2.05, 4.69) is 10.3 Å². The molecule has 3 aromatic rings. The Hall–Kier alpha value is -3.12. The fourth-order valence-corrected chi connectivity index (χ4v) is 3.94. The summed E-state index contributed by atoms with van der Waals surface area (Å²) in [6, 6.07) is 11.4. The molecule has 150 valence electrons. The Morgan fingerprint density at radius 1 is 1.21 bits per heavy atom. The number of hydrogen-bond acceptors (Lipinski definition) is 4. The number of ether oxygens (including phenoxy) is 1. The summed E-state index contributed by atoms with van der Waals surface area (Å²) in [7, 11) is 1.60. The Labute approximate surface area is 169 Å². The van der Waals surface area contributed by atoms with Crippen LogP contribution in [0.1, 0.15) is 22.4 Å². The number of aromatic nitrogens is 1. The lowest BCUT2D eigenvalue weighted by Gasteiger charge is -2.28. The van der Waals surface area contributed by atoms with Gasteiger partial charge in [-0.1, -0.05) is 18.2 Å². The first-order chi connectivity index (χ1) is 14.0. The zero-order chi connectivity index (χ0) is 20.5. The number of para-hydroxylation sites is 1. The van der Waals surface area contributed by atoms with E-state index in [0.717, 1.165) is 40.1 Å². The highest BCUT2D eigenvalue weighted by molar-refractivity contribution is 5.93. The third-order valence-electron chi connectivity index (χ3n) is 5.55. The Kier molecular flexibility index (Phi) is 5.11. The van der Waals surface area contributed by atoms with E-state index in [1.165, 1.54) is 0 Å². The zero-order valence-corrected chi connectivity index (χ0v) is 17.0. The zero-order valence-electron chi connectivity index (χ0n) is 17.0. The SMILES string of the molecule is COc1cc(C)c2[nH]c3c(c(=O)c2c1)CN(CC(=O)Nc1ccccc1C)CC3. The molecule has 2 aromatic carbocycles. The fraction of sp³-hybridized carbons (Fsp3) is 0.304. The van der Waals surface area contributed by atoms with Crippen LogP contribution in [0.3, 0.4) is 0 Å². The second kappa shape index (κ2) is 7.72. The number of carbonyl (C=O) groups excluding carboxylic acids is 1. The van der Waals surface area contributed by atoms with Crippen molar-refractivity contribution in [1.82, 2.24) is 9.88 Å². The molecule has 29 heavy (non-hydrogen) atoms. The summed E-state index contributed by atoms with van der Waals surface area (Å²) in [5.74, 6) is 0.600. The summed E-state index contributed by atoms with van der Waals surface area (Å²) in [6.07, 6.45) is 0.712. The Morgan fingerprint density at radius 2 is 2.00 bits per heavy atom. The summed E-state index contributed by atoms with van der Waals surface area (Å²) in [5.41, 5.74) is 5.41. The van der Waals surface area contributed by atoms with Gasteiger partial charge in [0.05, 0.1) is 19.2 Å². The van der Waals surface area contributed by atoms with Crippen LogP contribution in [-0.4, -0.2) is 36.0 Å². The summed E-state index contributed by atoms with van der Waals surface area (Å²) in [6.45, 7) is 5.37. The van der Waals surface area contributed by atoms with Crippen molar-refractivity contribution >= 4 is 22.5 Å². The number of aryl methyl sites for hydroxylation is 2. The van der Waals surface area contributed by atoms with Gasteiger partial charge in [0.15, 0.2) is 5.43 Å². The fourth-order valence-electron chi connectivity index (χ4n) is 3.94. The Bertz CT molecular complexity index is 1150. The number of benzene rings is 2. The monoisotopic (exact) mass is 391 g/mol. The lowest BCUT2D eigenvalue weighted by molar-refractivity contribution is -0.117. The van der Waals surface area contributed by atoms with Crippen molar-refractivity contribution < 1.29 is 9.53 Å². The maximum Gasteiger partial charge on any atom is 0.238 e. The first kappa shape index (κ1) is 19.2. The summed E-state index contributed by atoms with van der Waals surface area (Å²) in [5, 5.41) is 3.60. The lowest BCUT2D eigenvalue weighted by Crippen LogP contribution is -2.39. The van der Waals surface area contributed by atoms with E-state index in [1.807, 2.05) is 49.1 Å². The smallest absolute Gasteiger partial charge is 0.238 e. The number of rotatable bonds is 4. The largest absolute Gasteiger partial charge is 0.497 e. The molecule has 0 spiro atoms. The summed E-state index contributed by atoms with van der Waals surface area (Å²) in [4.78, 5) is 31.1. The molecule has 0 bridgehead atoms. The molecule has 2 N–H and O–H groups in total. The van der Waals surface area contributed by atoms with Crippen LogP contribution >= 0.6 is 0 Å². The molecule has 0 fully saturated rings. The topological polar surface area (TPSA) is 74.4 Å². The minimum Gasteiger partial charge on any atom is -0.497 e. The van der Waals surface area contributed by atoms with Gasteiger partial charge in [-0.05, 0) is 43.2 Å². The van der Waals surface area contributed by atoms with Crippen LogP contribution in [0.25, 0.3) is 10.9 Å². The number of anilines is 1. The molecule has 0 atom stereocenters. The molecule has 0 saturated heterocycles. The van der Waals surface area contributed by atoms with Gasteiger partial charge in [0.2, 0.25) is 5.91 Å². The van der Waals surface area contributed by atoms with Crippen molar-refractivity contribution in [2.45, 2.75) is 26.8 Å². The molecule has 1 aliphatic rings. The molecule has 4 rings (SSSR count). The van der Waals surface area contributed by atoms with E-state index in [1.54, 1.807) is 13.2 Å². The van der Waals surface area contributed by atoms with Crippen LogP contribution in [0, 0.1) is 13.8 Å². The van der Waals surface area contributed by atoms with Crippen LogP contribution in [0.5, 0.6) is 5.75 Å². The molecule has 1 aromatic heterocycles. The minimum absolute atomic E-state index is 0.0137. The van der Waals surface area contributed by atoms with E-state index in [0.29, 0.717) is 24.1 Å². The van der Waals surface area contributed by atoms with Crippen molar-refractivity contribution in [2.24, 2.45) is 0 Å². The van der Waals surface area contributed by atoms with Crippen LogP contribution in [0.4, 0.5) is 5.69 Å². The second-order valence-electron chi connectivity index (χ2n) is 7.60. The second-order valence-corrected chi connectivity index (χ2v) is 7.60. The molecule has 0 radical (unpaired) electrons. The summed E-state index contributed by atoms with van der Waals surface area (Å²) < 4.78 is 5.33. The van der Waals surface area contributed by atoms with Crippen molar-refractivity contribution in [3.63, 3.8) is 0 Å². The quantitative estimate of drug-likeness (QED) is 0.717. The van der Waals surface area contributed by atoms with Crippen molar-refractivity contribution in [2.75, 3.05) is 25.5 Å². The molecule has 1 amide bonds. The van der Waals surface area contributed by atoms with Crippen molar-refractivity contribution in [3.8, 4) is 5.75 Å². The number of pyridine rings is 1. The molecule has 2 heterocycles. The highest BCUT2D eigenvalue weighted by Crippen LogP contribution is 2.25. The van der Waals surface area contributed by atoms with E-state index >= 15 is 0 Å². The number of nitrogens with one attached hydrogen (secondary N) is 2. The number of amides is 1. The van der Waals surface area contributed by atoms with Gasteiger partial charge in [-0.3, -0.25) is 14.5 Å². The van der Waals surface area contributed by atoms with Crippen LogP contribution in [-0.2, 0) is 17.8 Å². The van der Waals surface area contributed by atoms with Gasteiger partial charge >= 0.3 is 0 Å². The van der Waals surface area contributed by atoms with Gasteiger partial charge in [-0.15, -0.1) is 0 Å². The lowest BCUT2D eigenvalue weighted by atomic mass is 10.0. The Morgan fingerprint density at radius 3 is 2.76 bits per heavy atom. The maximum atomic E-state index is 13.2. The highest BCUT2D eigenvalue weighted by Gasteiger charge is 2.23. The molecule has 6 nitrogen and oxygen atoms in total. The van der Waals surface area contributed by atoms with Crippen LogP contribution in [0.2, 0.25) is 0 Å². The number of H-pyrrole nitrogens is 1. The van der Waals surface area contributed by atoms with E-state index in [4.69, 9.17) is 4.74 Å². The predicted molar refractivity (Wildman–Crippen MR) is 115 cm³/mol. The molecule has 6 heteroatoms. The number of fused-ring (bicyclic) bond motifs is 2. The summed E-state index contributed by atoms with van der Waals surface area (Å²) >= 11 is 0. The number of aromatic amines is 1. The number of carbonyl (C=O) groups is 1. The molecule has 1 aliphatic heterocycles. The standard InChI is InChI=1S/C23H25N3O3/c1-14-6-4-5-7-19(14)24-21(27)13-26-9-8-20-18(12-26)23(28)17-11-16(29-3)10-15(2)22(17)25-20/h4-7,10-11H,8-9,12-13H2,1-3H3,(H,24,27)(H,25,28). The maximum absolute atomic E-state index is 13.2. The van der Waals surface area contributed by atoms with Gasteiger partial charge in [0, 0.05) is 41.8 Å². The molecular weight excluding hydrogens is 366 g/mol. The predicted octanol–water partition coefficient (Wildman–Crippen LogP) is 3.15. The molecular formula is C23H25N3O3. The van der Waals surface area contributed by atoms with Gasteiger partial charge in [-0.25, -0.2) is 0 Å². The van der Waals surface area contributed by atoms with Gasteiger partial charge < -0.3 is 15.0 Å².